The topological polar surface area (TPSA) is 106 Å². The maximum absolute atomic E-state index is 13.0. The first-order valence-corrected chi connectivity index (χ1v) is 11.7. The van der Waals surface area contributed by atoms with Gasteiger partial charge in [-0.3, -0.25) is 9.48 Å². The van der Waals surface area contributed by atoms with Crippen LogP contribution in [0.1, 0.15) is 46.4 Å². The molecule has 162 valence electrons. The van der Waals surface area contributed by atoms with Crippen molar-refractivity contribution in [3.05, 3.63) is 76.8 Å². The molecule has 1 atom stereocenters. The molecule has 3 aromatic rings. The van der Waals surface area contributed by atoms with E-state index in [1.54, 1.807) is 13.1 Å². The Morgan fingerprint density at radius 3 is 2.65 bits per heavy atom. The average molecular weight is 460 g/mol. The number of hydrogen-bond acceptors (Lipinski definition) is 5. The van der Waals surface area contributed by atoms with E-state index in [1.807, 2.05) is 30.3 Å². The van der Waals surface area contributed by atoms with E-state index < -0.39 is 16.1 Å². The minimum Gasteiger partial charge on any atom is -0.344 e. The molecular formula is C21H22ClN5O3S. The Kier molecular flexibility index (Phi) is 6.08. The van der Waals surface area contributed by atoms with E-state index in [2.05, 4.69) is 20.1 Å². The predicted octanol–water partition coefficient (Wildman–Crippen LogP) is 2.80. The lowest BCUT2D eigenvalue weighted by Crippen LogP contribution is -2.38. The van der Waals surface area contributed by atoms with Crippen LogP contribution in [0.2, 0.25) is 5.15 Å². The third kappa shape index (κ3) is 5.30. The molecule has 10 heteroatoms. The summed E-state index contributed by atoms with van der Waals surface area (Å²) >= 11 is 6.12. The maximum atomic E-state index is 13.0. The molecule has 1 fully saturated rings. The number of carbonyl (C=O) groups excluding carboxylic acids is 1. The van der Waals surface area contributed by atoms with Crippen LogP contribution in [0.15, 0.2) is 59.8 Å². The van der Waals surface area contributed by atoms with Gasteiger partial charge in [0.05, 0.1) is 12.2 Å². The van der Waals surface area contributed by atoms with Gasteiger partial charge in [-0.05, 0) is 30.5 Å². The maximum Gasteiger partial charge on any atom is 0.251 e. The van der Waals surface area contributed by atoms with Gasteiger partial charge in [0, 0.05) is 37.0 Å². The van der Waals surface area contributed by atoms with Crippen molar-refractivity contribution in [1.82, 2.24) is 24.8 Å². The molecule has 1 aromatic carbocycles. The van der Waals surface area contributed by atoms with Gasteiger partial charge < -0.3 is 5.32 Å². The molecule has 1 unspecified atom stereocenters. The van der Waals surface area contributed by atoms with Crippen molar-refractivity contribution in [2.24, 2.45) is 7.05 Å². The van der Waals surface area contributed by atoms with Crippen LogP contribution >= 0.6 is 11.6 Å². The summed E-state index contributed by atoms with van der Waals surface area (Å²) in [6.07, 6.45) is 4.77. The monoisotopic (exact) mass is 459 g/mol. The van der Waals surface area contributed by atoms with E-state index in [1.165, 1.54) is 23.1 Å². The van der Waals surface area contributed by atoms with E-state index >= 15 is 0 Å². The van der Waals surface area contributed by atoms with Gasteiger partial charge in [-0.25, -0.2) is 18.1 Å². The third-order valence-electron chi connectivity index (χ3n) is 5.05. The summed E-state index contributed by atoms with van der Waals surface area (Å²) in [7, 11) is -2.13. The Hall–Kier alpha value is -2.75. The number of halogens is 1. The molecule has 0 aliphatic heterocycles. The standard InChI is InChI=1S/C21H22ClN5O3S/c1-27-13-17(11-23-27)31(29,30)24-12-19(14-5-3-2-4-6-14)26-21(28)16-9-18(15-7-8-15)25-20(22)10-16/h2-6,9-11,13,15,19,24H,7-8,12H2,1H3,(H,26,28). The number of benzene rings is 1. The third-order valence-corrected chi connectivity index (χ3v) is 6.62. The summed E-state index contributed by atoms with van der Waals surface area (Å²) in [5.41, 5.74) is 1.98. The van der Waals surface area contributed by atoms with E-state index in [4.69, 9.17) is 11.6 Å². The summed E-state index contributed by atoms with van der Waals surface area (Å²) in [4.78, 5) is 17.3. The Balaban J connectivity index is 1.54. The molecular weight excluding hydrogens is 438 g/mol. The molecule has 2 heterocycles. The molecule has 1 aliphatic rings. The summed E-state index contributed by atoms with van der Waals surface area (Å²) < 4.78 is 29.2. The minimum atomic E-state index is -3.78. The van der Waals surface area contributed by atoms with Gasteiger partial charge in [0.15, 0.2) is 0 Å². The highest BCUT2D eigenvalue weighted by Crippen LogP contribution is 2.39. The summed E-state index contributed by atoms with van der Waals surface area (Å²) in [5.74, 6) is 0.00194. The van der Waals surface area contributed by atoms with Gasteiger partial charge in [0.1, 0.15) is 10.0 Å². The molecule has 1 aliphatic carbocycles. The summed E-state index contributed by atoms with van der Waals surface area (Å²) in [6.45, 7) is -0.0265. The summed E-state index contributed by atoms with van der Waals surface area (Å²) in [6, 6.07) is 11.9. The van der Waals surface area contributed by atoms with Gasteiger partial charge >= 0.3 is 0 Å². The smallest absolute Gasteiger partial charge is 0.251 e. The van der Waals surface area contributed by atoms with Crippen LogP contribution in [0.25, 0.3) is 0 Å². The van der Waals surface area contributed by atoms with Gasteiger partial charge in [-0.2, -0.15) is 5.10 Å². The Bertz CT molecular complexity index is 1190. The van der Waals surface area contributed by atoms with Crippen molar-refractivity contribution >= 4 is 27.5 Å². The van der Waals surface area contributed by atoms with E-state index in [-0.39, 0.29) is 22.5 Å². The molecule has 0 bridgehead atoms. The second-order valence-corrected chi connectivity index (χ2v) is 9.67. The van der Waals surface area contributed by atoms with Crippen LogP contribution < -0.4 is 10.0 Å². The molecule has 4 rings (SSSR count). The molecule has 1 amide bonds. The number of pyridine rings is 1. The normalized spacial score (nSPS) is 14.9. The number of aryl methyl sites for hydroxylation is 1. The van der Waals surface area contributed by atoms with Crippen LogP contribution in [0, 0.1) is 0 Å². The van der Waals surface area contributed by atoms with Gasteiger partial charge in [0.2, 0.25) is 10.0 Å². The SMILES string of the molecule is Cn1cc(S(=O)(=O)NCC(NC(=O)c2cc(Cl)nc(C3CC3)c2)c2ccccc2)cn1. The van der Waals surface area contributed by atoms with Crippen molar-refractivity contribution in [3.63, 3.8) is 0 Å². The highest BCUT2D eigenvalue weighted by Gasteiger charge is 2.27. The fourth-order valence-corrected chi connectivity index (χ4v) is 4.47. The van der Waals surface area contributed by atoms with Crippen molar-refractivity contribution in [2.75, 3.05) is 6.54 Å². The number of aromatic nitrogens is 3. The number of sulfonamides is 1. The first-order valence-electron chi connectivity index (χ1n) is 9.83. The van der Waals surface area contributed by atoms with Crippen LogP contribution in [0.4, 0.5) is 0 Å². The zero-order valence-electron chi connectivity index (χ0n) is 16.8. The Morgan fingerprint density at radius 1 is 1.26 bits per heavy atom. The zero-order chi connectivity index (χ0) is 22.0. The van der Waals surface area contributed by atoms with Gasteiger partial charge in [0.25, 0.3) is 5.91 Å². The Morgan fingerprint density at radius 2 is 2.00 bits per heavy atom. The number of nitrogens with zero attached hydrogens (tertiary/aromatic N) is 3. The fraction of sp³-hybridized carbons (Fsp3) is 0.286. The summed E-state index contributed by atoms with van der Waals surface area (Å²) in [5, 5.41) is 7.09. The second-order valence-electron chi connectivity index (χ2n) is 7.52. The second kappa shape index (κ2) is 8.78. The highest BCUT2D eigenvalue weighted by molar-refractivity contribution is 7.89. The number of amides is 1. The lowest BCUT2D eigenvalue weighted by Gasteiger charge is -2.20. The molecule has 2 N–H and O–H groups in total. The van der Waals surface area contributed by atoms with Gasteiger partial charge in [-0.1, -0.05) is 41.9 Å². The Labute approximate surface area is 185 Å². The van der Waals surface area contributed by atoms with Crippen LogP contribution in [0.5, 0.6) is 0 Å². The molecule has 0 spiro atoms. The van der Waals surface area contributed by atoms with E-state index in [0.717, 1.165) is 24.1 Å². The number of nitrogens with one attached hydrogen (secondary N) is 2. The van der Waals surface area contributed by atoms with Crippen molar-refractivity contribution in [1.29, 1.82) is 0 Å². The van der Waals surface area contributed by atoms with Crippen molar-refractivity contribution < 1.29 is 13.2 Å². The van der Waals surface area contributed by atoms with E-state index in [9.17, 15) is 13.2 Å². The quantitative estimate of drug-likeness (QED) is 0.504. The van der Waals surface area contributed by atoms with Crippen LogP contribution in [-0.4, -0.2) is 35.6 Å². The average Bonchev–Trinajstić information content (AvgIpc) is 3.51. The number of rotatable bonds is 8. The first-order chi connectivity index (χ1) is 14.8. The number of hydrogen-bond donors (Lipinski definition) is 2. The molecule has 0 saturated heterocycles. The lowest BCUT2D eigenvalue weighted by molar-refractivity contribution is 0.0936. The first kappa shape index (κ1) is 21.5. The van der Waals surface area contributed by atoms with E-state index in [0.29, 0.717) is 11.5 Å². The minimum absolute atomic E-state index is 0.0265. The molecule has 1 saturated carbocycles. The van der Waals surface area contributed by atoms with Crippen molar-refractivity contribution in [2.45, 2.75) is 29.7 Å². The highest BCUT2D eigenvalue weighted by atomic mass is 35.5. The number of carbonyl (C=O) groups is 1. The van der Waals surface area contributed by atoms with Crippen molar-refractivity contribution in [3.8, 4) is 0 Å². The van der Waals surface area contributed by atoms with Gasteiger partial charge in [-0.15, -0.1) is 0 Å². The van der Waals surface area contributed by atoms with Crippen LogP contribution in [0.3, 0.4) is 0 Å². The molecule has 8 nitrogen and oxygen atoms in total. The molecule has 31 heavy (non-hydrogen) atoms. The fourth-order valence-electron chi connectivity index (χ4n) is 3.23. The molecule has 2 aromatic heterocycles. The lowest BCUT2D eigenvalue weighted by atomic mass is 10.1. The van der Waals surface area contributed by atoms with Crippen LogP contribution in [-0.2, 0) is 17.1 Å². The largest absolute Gasteiger partial charge is 0.344 e. The molecule has 0 radical (unpaired) electrons. The predicted molar refractivity (Wildman–Crippen MR) is 116 cm³/mol. The zero-order valence-corrected chi connectivity index (χ0v) is 18.4.